The fourth-order valence-electron chi connectivity index (χ4n) is 9.86. The molecule has 0 saturated heterocycles. The molecule has 6 nitrogen and oxygen atoms in total. The quantitative estimate of drug-likeness (QED) is 0.0343. The van der Waals surface area contributed by atoms with Crippen LogP contribution in [0.25, 0.3) is 0 Å². The third-order valence-corrected chi connectivity index (χ3v) is 14.6. The molecule has 0 aromatic heterocycles. The molecule has 0 fully saturated rings. The smallest absolute Gasteiger partial charge is 0.306 e. The number of hydrogen-bond acceptors (Lipinski definition) is 6. The fraction of sp³-hybridized carbons (Fsp3) is 0.952. The van der Waals surface area contributed by atoms with Crippen LogP contribution in [0, 0.1) is 0 Å². The standard InChI is InChI=1S/C63H122O6/c1-4-7-10-13-16-19-20-21-22-23-24-25-26-27-28-29-30-31-32-33-34-35-36-37-38-39-40-41-42-43-44-45-48-50-53-56-62(65)68-59-60(69-63(66)57-54-51-47-18-15-12-9-6-3)58-67-61(64)55-52-49-46-17-14-11-8-5-2/h60H,4-59H2,1-3H3. The van der Waals surface area contributed by atoms with E-state index in [0.29, 0.717) is 19.3 Å². The summed E-state index contributed by atoms with van der Waals surface area (Å²) in [5, 5.41) is 0. The third-order valence-electron chi connectivity index (χ3n) is 14.6. The molecule has 0 N–H and O–H groups in total. The summed E-state index contributed by atoms with van der Waals surface area (Å²) in [6.45, 7) is 6.63. The van der Waals surface area contributed by atoms with E-state index < -0.39 is 6.10 Å². The first-order chi connectivity index (χ1) is 34.0. The molecule has 0 bridgehead atoms. The summed E-state index contributed by atoms with van der Waals surface area (Å²) in [6, 6.07) is 0. The van der Waals surface area contributed by atoms with Gasteiger partial charge in [0, 0.05) is 19.3 Å². The Morgan fingerprint density at radius 2 is 0.391 bits per heavy atom. The van der Waals surface area contributed by atoms with E-state index in [2.05, 4.69) is 20.8 Å². The van der Waals surface area contributed by atoms with Gasteiger partial charge in [0.1, 0.15) is 13.2 Å². The lowest BCUT2D eigenvalue weighted by Gasteiger charge is -2.18. The molecule has 0 saturated carbocycles. The average Bonchev–Trinajstić information content (AvgIpc) is 3.35. The zero-order valence-electron chi connectivity index (χ0n) is 47.1. The van der Waals surface area contributed by atoms with Gasteiger partial charge >= 0.3 is 17.9 Å². The minimum absolute atomic E-state index is 0.0628. The van der Waals surface area contributed by atoms with E-state index in [1.54, 1.807) is 0 Å². The molecule has 1 unspecified atom stereocenters. The number of rotatable bonds is 59. The Balaban J connectivity index is 3.76. The highest BCUT2D eigenvalue weighted by atomic mass is 16.6. The second-order valence-electron chi connectivity index (χ2n) is 21.7. The largest absolute Gasteiger partial charge is 0.462 e. The molecule has 6 heteroatoms. The second-order valence-corrected chi connectivity index (χ2v) is 21.7. The molecule has 0 aromatic rings. The van der Waals surface area contributed by atoms with Crippen molar-refractivity contribution in [3.63, 3.8) is 0 Å². The van der Waals surface area contributed by atoms with Crippen molar-refractivity contribution in [3.8, 4) is 0 Å². The van der Waals surface area contributed by atoms with E-state index in [1.807, 2.05) is 0 Å². The number of esters is 3. The summed E-state index contributed by atoms with van der Waals surface area (Å²) in [4.78, 5) is 37.8. The lowest BCUT2D eigenvalue weighted by Crippen LogP contribution is -2.30. The van der Waals surface area contributed by atoms with Crippen LogP contribution in [0.2, 0.25) is 0 Å². The molecular weight excluding hydrogens is 853 g/mol. The zero-order valence-corrected chi connectivity index (χ0v) is 47.1. The Hall–Kier alpha value is -1.59. The Labute approximate surface area is 431 Å². The number of unbranched alkanes of at least 4 members (excludes halogenated alkanes) is 48. The van der Waals surface area contributed by atoms with Crippen LogP contribution in [0.1, 0.15) is 367 Å². The minimum Gasteiger partial charge on any atom is -0.462 e. The number of ether oxygens (including phenoxy) is 3. The molecule has 0 heterocycles. The van der Waals surface area contributed by atoms with Crippen molar-refractivity contribution >= 4 is 17.9 Å². The highest BCUT2D eigenvalue weighted by molar-refractivity contribution is 5.71. The van der Waals surface area contributed by atoms with Crippen molar-refractivity contribution in [2.45, 2.75) is 374 Å². The number of carbonyl (C=O) groups is 3. The van der Waals surface area contributed by atoms with Crippen LogP contribution in [-0.4, -0.2) is 37.2 Å². The van der Waals surface area contributed by atoms with Crippen LogP contribution in [0.5, 0.6) is 0 Å². The summed E-state index contributed by atoms with van der Waals surface area (Å²) in [6.07, 6.45) is 67.6. The maximum atomic E-state index is 12.7. The number of carbonyl (C=O) groups excluding carboxylic acids is 3. The van der Waals surface area contributed by atoms with Gasteiger partial charge < -0.3 is 14.2 Å². The monoisotopic (exact) mass is 975 g/mol. The first-order valence-electron chi connectivity index (χ1n) is 31.5. The predicted octanol–water partition coefficient (Wildman–Crippen LogP) is 21.1. The van der Waals surface area contributed by atoms with Crippen molar-refractivity contribution in [2.75, 3.05) is 13.2 Å². The van der Waals surface area contributed by atoms with Gasteiger partial charge in [-0.05, 0) is 19.3 Å². The van der Waals surface area contributed by atoms with E-state index in [9.17, 15) is 14.4 Å². The molecule has 0 aliphatic heterocycles. The topological polar surface area (TPSA) is 78.9 Å². The third kappa shape index (κ3) is 57.2. The SMILES string of the molecule is CCCCCCCCCCCCCCCCCCCCCCCCCCCCCCCCCCCCCC(=O)OCC(COC(=O)CCCCCCCCCC)OC(=O)CCCCCCCCCC. The molecule has 0 rings (SSSR count). The predicted molar refractivity (Wildman–Crippen MR) is 298 cm³/mol. The molecule has 0 aromatic carbocycles. The van der Waals surface area contributed by atoms with Crippen LogP contribution >= 0.6 is 0 Å². The Morgan fingerprint density at radius 3 is 0.580 bits per heavy atom. The number of hydrogen-bond donors (Lipinski definition) is 0. The van der Waals surface area contributed by atoms with E-state index in [1.165, 1.54) is 270 Å². The van der Waals surface area contributed by atoms with Gasteiger partial charge in [0.25, 0.3) is 0 Å². The van der Waals surface area contributed by atoms with Gasteiger partial charge in [0.05, 0.1) is 0 Å². The van der Waals surface area contributed by atoms with E-state index >= 15 is 0 Å². The first-order valence-corrected chi connectivity index (χ1v) is 31.5. The molecule has 0 aliphatic rings. The van der Waals surface area contributed by atoms with Crippen LogP contribution < -0.4 is 0 Å². The van der Waals surface area contributed by atoms with Gasteiger partial charge in [0.2, 0.25) is 0 Å². The van der Waals surface area contributed by atoms with Gasteiger partial charge in [-0.25, -0.2) is 0 Å². The van der Waals surface area contributed by atoms with Crippen LogP contribution in [0.15, 0.2) is 0 Å². The van der Waals surface area contributed by atoms with Crippen molar-refractivity contribution in [2.24, 2.45) is 0 Å². The Morgan fingerprint density at radius 1 is 0.232 bits per heavy atom. The van der Waals surface area contributed by atoms with Gasteiger partial charge in [0.15, 0.2) is 6.10 Å². The summed E-state index contributed by atoms with van der Waals surface area (Å²) in [5.74, 6) is -0.851. The van der Waals surface area contributed by atoms with E-state index in [0.717, 1.165) is 57.8 Å². The van der Waals surface area contributed by atoms with E-state index in [-0.39, 0.29) is 31.1 Å². The van der Waals surface area contributed by atoms with Crippen molar-refractivity contribution in [1.82, 2.24) is 0 Å². The summed E-state index contributed by atoms with van der Waals surface area (Å²) >= 11 is 0. The minimum atomic E-state index is -0.758. The van der Waals surface area contributed by atoms with Crippen molar-refractivity contribution in [3.05, 3.63) is 0 Å². The van der Waals surface area contributed by atoms with Gasteiger partial charge in [-0.15, -0.1) is 0 Å². The average molecular weight is 976 g/mol. The first kappa shape index (κ1) is 67.4. The van der Waals surface area contributed by atoms with Gasteiger partial charge in [-0.3, -0.25) is 14.4 Å². The van der Waals surface area contributed by atoms with Crippen molar-refractivity contribution in [1.29, 1.82) is 0 Å². The maximum absolute atomic E-state index is 12.7. The van der Waals surface area contributed by atoms with Gasteiger partial charge in [-0.2, -0.15) is 0 Å². The molecule has 1 atom stereocenters. The van der Waals surface area contributed by atoms with Crippen molar-refractivity contribution < 1.29 is 28.6 Å². The van der Waals surface area contributed by atoms with Gasteiger partial charge in [-0.1, -0.05) is 329 Å². The normalized spacial score (nSPS) is 11.9. The molecule has 69 heavy (non-hydrogen) atoms. The Kier molecular flexibility index (Phi) is 57.6. The fourth-order valence-corrected chi connectivity index (χ4v) is 9.86. The zero-order chi connectivity index (χ0) is 50.0. The Bertz CT molecular complexity index is 1030. The summed E-state index contributed by atoms with van der Waals surface area (Å²) in [5.41, 5.74) is 0. The highest BCUT2D eigenvalue weighted by Crippen LogP contribution is 2.19. The molecule has 410 valence electrons. The lowest BCUT2D eigenvalue weighted by molar-refractivity contribution is -0.167. The molecular formula is C63H122O6. The lowest BCUT2D eigenvalue weighted by atomic mass is 10.0. The molecule has 0 aliphatic carbocycles. The maximum Gasteiger partial charge on any atom is 0.306 e. The summed E-state index contributed by atoms with van der Waals surface area (Å²) < 4.78 is 16.7. The van der Waals surface area contributed by atoms with Crippen LogP contribution in [0.4, 0.5) is 0 Å². The molecule has 0 amide bonds. The second kappa shape index (κ2) is 59.0. The van der Waals surface area contributed by atoms with Crippen LogP contribution in [-0.2, 0) is 28.6 Å². The van der Waals surface area contributed by atoms with Crippen LogP contribution in [0.3, 0.4) is 0 Å². The molecule has 0 radical (unpaired) electrons. The highest BCUT2D eigenvalue weighted by Gasteiger charge is 2.19. The van der Waals surface area contributed by atoms with E-state index in [4.69, 9.17) is 14.2 Å². The molecule has 0 spiro atoms. The summed E-state index contributed by atoms with van der Waals surface area (Å²) in [7, 11) is 0.